The molecule has 4 aliphatic rings. The SMILES string of the molecule is Cc1cc(C[C@@H](OC(=O)N2CCC(N3CCc4ccccc4NC3=O)CC2)C(=O)N2CCC(N3CCOCC3)CC2)cc(C)c1O.Cl. The van der Waals surface area contributed by atoms with Gasteiger partial charge in [0.05, 0.1) is 13.2 Å². The molecule has 0 bridgehead atoms. The molecule has 12 heteroatoms. The molecule has 4 amide bonds. The Labute approximate surface area is 283 Å². The number of phenolic OH excluding ortho intramolecular Hbond substituents is 1. The number of hydrogen-bond acceptors (Lipinski definition) is 7. The van der Waals surface area contributed by atoms with Gasteiger partial charge < -0.3 is 34.6 Å². The van der Waals surface area contributed by atoms with Gasteiger partial charge in [-0.1, -0.05) is 30.3 Å². The van der Waals surface area contributed by atoms with Crippen molar-refractivity contribution in [1.29, 1.82) is 0 Å². The van der Waals surface area contributed by atoms with Crippen LogP contribution in [-0.2, 0) is 27.1 Å². The Balaban J connectivity index is 0.00000433. The van der Waals surface area contributed by atoms with E-state index in [0.717, 1.165) is 73.5 Å². The molecular weight excluding hydrogens is 622 g/mol. The fourth-order valence-corrected chi connectivity index (χ4v) is 7.45. The Morgan fingerprint density at radius 1 is 0.915 bits per heavy atom. The van der Waals surface area contributed by atoms with E-state index in [9.17, 15) is 19.5 Å². The Kier molecular flexibility index (Phi) is 11.5. The lowest BCUT2D eigenvalue weighted by atomic mass is 9.99. The first kappa shape index (κ1) is 34.8. The molecule has 6 rings (SSSR count). The maximum Gasteiger partial charge on any atom is 0.410 e. The standard InChI is InChI=1S/C35H47N5O6.ClH/c1-24-21-26(22-25(2)32(24)41)23-31(33(42)38-12-8-28(9-13-38)37-17-19-45-20-18-37)46-35(44)39-14-10-29(11-15-39)40-16-7-27-5-3-4-6-30(27)36-34(40)43;/h3-6,21-22,28-29,31,41H,7-20,23H2,1-2H3,(H,36,43);1H/t31-;/m1./s1. The summed E-state index contributed by atoms with van der Waals surface area (Å²) in [5, 5.41) is 13.4. The second kappa shape index (κ2) is 15.6. The third-order valence-electron chi connectivity index (χ3n) is 10.1. The van der Waals surface area contributed by atoms with Crippen molar-refractivity contribution in [3.05, 3.63) is 58.7 Å². The summed E-state index contributed by atoms with van der Waals surface area (Å²) in [7, 11) is 0. The van der Waals surface area contributed by atoms with Gasteiger partial charge in [-0.2, -0.15) is 0 Å². The van der Waals surface area contributed by atoms with Gasteiger partial charge in [-0.05, 0) is 74.3 Å². The Morgan fingerprint density at radius 2 is 1.53 bits per heavy atom. The fourth-order valence-electron chi connectivity index (χ4n) is 7.45. The summed E-state index contributed by atoms with van der Waals surface area (Å²) in [6.45, 7) is 9.77. The average Bonchev–Trinajstić information content (AvgIpc) is 3.25. The zero-order valence-corrected chi connectivity index (χ0v) is 28.3. The highest BCUT2D eigenvalue weighted by Crippen LogP contribution is 2.27. The molecule has 0 aliphatic carbocycles. The Hall–Kier alpha value is -3.54. The number of carbonyl (C=O) groups is 3. The number of nitrogens with zero attached hydrogens (tertiary/aromatic N) is 4. The summed E-state index contributed by atoms with van der Waals surface area (Å²) in [5.74, 6) is 0.0616. The maximum atomic E-state index is 14.0. The van der Waals surface area contributed by atoms with E-state index >= 15 is 0 Å². The second-order valence-corrected chi connectivity index (χ2v) is 13.1. The van der Waals surface area contributed by atoms with Crippen molar-refractivity contribution in [2.24, 2.45) is 0 Å². The Morgan fingerprint density at radius 3 is 2.21 bits per heavy atom. The molecule has 47 heavy (non-hydrogen) atoms. The number of fused-ring (bicyclic) bond motifs is 1. The molecule has 0 spiro atoms. The van der Waals surface area contributed by atoms with Crippen LogP contribution < -0.4 is 5.32 Å². The molecule has 2 aromatic carbocycles. The minimum Gasteiger partial charge on any atom is -0.507 e. The first-order valence-electron chi connectivity index (χ1n) is 16.8. The number of ether oxygens (including phenoxy) is 2. The topological polar surface area (TPSA) is 115 Å². The quantitative estimate of drug-likeness (QED) is 0.470. The van der Waals surface area contributed by atoms with Crippen molar-refractivity contribution in [3.63, 3.8) is 0 Å². The molecule has 3 fully saturated rings. The lowest BCUT2D eigenvalue weighted by Gasteiger charge is -2.41. The number of carbonyl (C=O) groups excluding carboxylic acids is 3. The largest absolute Gasteiger partial charge is 0.507 e. The highest BCUT2D eigenvalue weighted by molar-refractivity contribution is 5.91. The van der Waals surface area contributed by atoms with Crippen LogP contribution in [0.3, 0.4) is 0 Å². The second-order valence-electron chi connectivity index (χ2n) is 13.1. The van der Waals surface area contributed by atoms with E-state index in [0.29, 0.717) is 51.6 Å². The van der Waals surface area contributed by atoms with Gasteiger partial charge in [0, 0.05) is 70.0 Å². The summed E-state index contributed by atoms with van der Waals surface area (Å²) in [4.78, 5) is 48.4. The number of likely N-dealkylation sites (tertiary alicyclic amines) is 2. The molecule has 2 aromatic rings. The van der Waals surface area contributed by atoms with Gasteiger partial charge in [-0.25, -0.2) is 9.59 Å². The lowest BCUT2D eigenvalue weighted by Crippen LogP contribution is -2.53. The van der Waals surface area contributed by atoms with Crippen LogP contribution in [-0.4, -0.2) is 120 Å². The van der Waals surface area contributed by atoms with E-state index in [2.05, 4.69) is 10.2 Å². The number of halogens is 1. The predicted molar refractivity (Wildman–Crippen MR) is 181 cm³/mol. The molecule has 0 unspecified atom stereocenters. The smallest absolute Gasteiger partial charge is 0.410 e. The van der Waals surface area contributed by atoms with Crippen LogP contribution in [0.15, 0.2) is 36.4 Å². The molecule has 0 radical (unpaired) electrons. The van der Waals surface area contributed by atoms with Gasteiger partial charge in [-0.15, -0.1) is 12.4 Å². The van der Waals surface area contributed by atoms with Crippen LogP contribution in [0.2, 0.25) is 0 Å². The number of phenols is 1. The number of anilines is 1. The molecular formula is C35H48ClN5O6. The number of rotatable bonds is 6. The van der Waals surface area contributed by atoms with E-state index < -0.39 is 12.2 Å². The van der Waals surface area contributed by atoms with Crippen molar-refractivity contribution in [2.45, 2.75) is 70.6 Å². The molecule has 256 valence electrons. The number of urea groups is 1. The third-order valence-corrected chi connectivity index (χ3v) is 10.1. The first-order valence-corrected chi connectivity index (χ1v) is 16.8. The lowest BCUT2D eigenvalue weighted by molar-refractivity contribution is -0.142. The normalized spacial score (nSPS) is 20.5. The van der Waals surface area contributed by atoms with Gasteiger partial charge in [0.15, 0.2) is 6.10 Å². The number of hydrogen-bond donors (Lipinski definition) is 2. The third kappa shape index (κ3) is 8.13. The van der Waals surface area contributed by atoms with E-state index in [1.807, 2.05) is 60.0 Å². The number of piperidine rings is 2. The van der Waals surface area contributed by atoms with Crippen molar-refractivity contribution < 1.29 is 29.0 Å². The number of nitrogens with one attached hydrogen (secondary N) is 1. The minimum absolute atomic E-state index is 0. The van der Waals surface area contributed by atoms with E-state index in [-0.39, 0.29) is 42.6 Å². The summed E-state index contributed by atoms with van der Waals surface area (Å²) < 4.78 is 11.6. The van der Waals surface area contributed by atoms with Gasteiger partial charge in [0.2, 0.25) is 0 Å². The number of benzene rings is 2. The number of aryl methyl sites for hydroxylation is 2. The number of amides is 4. The van der Waals surface area contributed by atoms with Crippen LogP contribution in [0.1, 0.15) is 47.9 Å². The molecule has 2 N–H and O–H groups in total. The van der Waals surface area contributed by atoms with Crippen LogP contribution in [0, 0.1) is 13.8 Å². The van der Waals surface area contributed by atoms with Gasteiger partial charge in [0.1, 0.15) is 5.75 Å². The number of morpholine rings is 1. The molecule has 0 saturated carbocycles. The van der Waals surface area contributed by atoms with Gasteiger partial charge >= 0.3 is 12.1 Å². The Bertz CT molecular complexity index is 1400. The summed E-state index contributed by atoms with van der Waals surface area (Å²) >= 11 is 0. The first-order chi connectivity index (χ1) is 22.3. The van der Waals surface area contributed by atoms with Gasteiger partial charge in [-0.3, -0.25) is 9.69 Å². The van der Waals surface area contributed by atoms with Crippen molar-refractivity contribution in [3.8, 4) is 5.75 Å². The minimum atomic E-state index is -0.969. The highest BCUT2D eigenvalue weighted by atomic mass is 35.5. The molecule has 11 nitrogen and oxygen atoms in total. The number of para-hydroxylation sites is 1. The average molecular weight is 670 g/mol. The van der Waals surface area contributed by atoms with Crippen molar-refractivity contribution in [1.82, 2.24) is 19.6 Å². The van der Waals surface area contributed by atoms with Crippen molar-refractivity contribution in [2.75, 3.05) is 64.3 Å². The molecule has 1 atom stereocenters. The predicted octanol–water partition coefficient (Wildman–Crippen LogP) is 4.36. The van der Waals surface area contributed by atoms with E-state index in [1.54, 1.807) is 4.90 Å². The number of aromatic hydroxyl groups is 1. The highest BCUT2D eigenvalue weighted by Gasteiger charge is 2.36. The zero-order valence-electron chi connectivity index (χ0n) is 27.5. The molecule has 4 heterocycles. The van der Waals surface area contributed by atoms with Crippen LogP contribution in [0.5, 0.6) is 5.75 Å². The van der Waals surface area contributed by atoms with Crippen LogP contribution in [0.25, 0.3) is 0 Å². The van der Waals surface area contributed by atoms with Gasteiger partial charge in [0.25, 0.3) is 5.91 Å². The maximum absolute atomic E-state index is 14.0. The van der Waals surface area contributed by atoms with Crippen molar-refractivity contribution >= 4 is 36.1 Å². The zero-order chi connectivity index (χ0) is 32.2. The molecule has 3 saturated heterocycles. The molecule has 0 aromatic heterocycles. The van der Waals surface area contributed by atoms with Crippen LogP contribution >= 0.6 is 12.4 Å². The molecule has 4 aliphatic heterocycles. The summed E-state index contributed by atoms with van der Waals surface area (Å²) in [6.07, 6.45) is 2.59. The summed E-state index contributed by atoms with van der Waals surface area (Å²) in [6, 6.07) is 11.9. The summed E-state index contributed by atoms with van der Waals surface area (Å²) in [5.41, 5.74) is 4.27. The van der Waals surface area contributed by atoms with Crippen LogP contribution in [0.4, 0.5) is 15.3 Å². The van der Waals surface area contributed by atoms with E-state index in [1.165, 1.54) is 0 Å². The fraction of sp³-hybridized carbons (Fsp3) is 0.571. The van der Waals surface area contributed by atoms with E-state index in [4.69, 9.17) is 9.47 Å². The monoisotopic (exact) mass is 669 g/mol.